The van der Waals surface area contributed by atoms with E-state index >= 15 is 0 Å². The Kier molecular flexibility index (Phi) is 5.20. The molecule has 20 heavy (non-hydrogen) atoms. The third-order valence-electron chi connectivity index (χ3n) is 4.00. The molecule has 1 aliphatic rings. The molecule has 1 aromatic rings. The van der Waals surface area contributed by atoms with E-state index in [1.54, 1.807) is 11.0 Å². The van der Waals surface area contributed by atoms with Gasteiger partial charge in [0.2, 0.25) is 0 Å². The fourth-order valence-electron chi connectivity index (χ4n) is 2.68. The quantitative estimate of drug-likeness (QED) is 0.862. The van der Waals surface area contributed by atoms with Crippen molar-refractivity contribution >= 4 is 5.91 Å². The Morgan fingerprint density at radius 2 is 2.20 bits per heavy atom. The van der Waals surface area contributed by atoms with Crippen LogP contribution < -0.4 is 0 Å². The summed E-state index contributed by atoms with van der Waals surface area (Å²) in [7, 11) is 0. The van der Waals surface area contributed by atoms with Crippen molar-refractivity contribution in [1.82, 2.24) is 9.80 Å². The molecule has 1 N–H and O–H groups in total. The molecule has 0 radical (unpaired) electrons. The molecule has 0 aliphatic carbocycles. The monoisotopic (exact) mass is 280 g/mol. The summed E-state index contributed by atoms with van der Waals surface area (Å²) < 4.78 is 5.67. The van der Waals surface area contributed by atoms with E-state index in [2.05, 4.69) is 18.7 Å². The van der Waals surface area contributed by atoms with Gasteiger partial charge in [0, 0.05) is 6.54 Å². The Balaban J connectivity index is 2.02. The van der Waals surface area contributed by atoms with E-state index < -0.39 is 0 Å². The van der Waals surface area contributed by atoms with Crippen molar-refractivity contribution in [2.75, 3.05) is 26.2 Å². The number of carbonyl (C=O) groups is 1. The third kappa shape index (κ3) is 3.22. The zero-order valence-electron chi connectivity index (χ0n) is 12.3. The van der Waals surface area contributed by atoms with Crippen LogP contribution in [0.1, 0.15) is 43.0 Å². The number of hydrogen-bond acceptors (Lipinski definition) is 4. The molecule has 1 atom stereocenters. The van der Waals surface area contributed by atoms with Crippen LogP contribution in [0.15, 0.2) is 16.5 Å². The minimum atomic E-state index is -0.104. The Morgan fingerprint density at radius 3 is 2.85 bits per heavy atom. The molecule has 5 nitrogen and oxygen atoms in total. The molecule has 0 spiro atoms. The number of amides is 1. The second-order valence-corrected chi connectivity index (χ2v) is 5.20. The van der Waals surface area contributed by atoms with E-state index in [1.165, 1.54) is 0 Å². The highest BCUT2D eigenvalue weighted by Crippen LogP contribution is 2.21. The summed E-state index contributed by atoms with van der Waals surface area (Å²) in [6.07, 6.45) is 1.82. The van der Waals surface area contributed by atoms with Gasteiger partial charge in [0.05, 0.1) is 19.2 Å². The van der Waals surface area contributed by atoms with E-state index in [1.807, 2.05) is 6.07 Å². The summed E-state index contributed by atoms with van der Waals surface area (Å²) in [5.41, 5.74) is 0. The molecule has 1 saturated heterocycles. The van der Waals surface area contributed by atoms with Gasteiger partial charge in [-0.15, -0.1) is 0 Å². The standard InChI is InChI=1S/C15H24N2O3/c1-3-16(4-2)10-13-7-8-14(20-13)15(19)17-9-5-6-12(17)11-18/h7-8,12,18H,3-6,9-11H2,1-2H3/t12-/m0/s1. The van der Waals surface area contributed by atoms with Gasteiger partial charge in [-0.05, 0) is 38.1 Å². The summed E-state index contributed by atoms with van der Waals surface area (Å²) in [5, 5.41) is 9.29. The summed E-state index contributed by atoms with van der Waals surface area (Å²) in [5.74, 6) is 1.09. The van der Waals surface area contributed by atoms with Crippen LogP contribution in [0, 0.1) is 0 Å². The molecule has 0 aromatic carbocycles. The van der Waals surface area contributed by atoms with Gasteiger partial charge in [0.25, 0.3) is 5.91 Å². The van der Waals surface area contributed by atoms with Crippen LogP contribution in [0.3, 0.4) is 0 Å². The molecule has 112 valence electrons. The summed E-state index contributed by atoms with van der Waals surface area (Å²) in [6, 6.07) is 3.56. The minimum Gasteiger partial charge on any atom is -0.455 e. The van der Waals surface area contributed by atoms with Crippen LogP contribution >= 0.6 is 0 Å². The van der Waals surface area contributed by atoms with Gasteiger partial charge in [-0.2, -0.15) is 0 Å². The van der Waals surface area contributed by atoms with Crippen molar-refractivity contribution in [3.63, 3.8) is 0 Å². The van der Waals surface area contributed by atoms with Crippen LogP contribution in [0.25, 0.3) is 0 Å². The molecule has 1 aliphatic heterocycles. The number of rotatable bonds is 6. The van der Waals surface area contributed by atoms with E-state index in [9.17, 15) is 9.90 Å². The van der Waals surface area contributed by atoms with E-state index in [0.717, 1.165) is 38.2 Å². The first kappa shape index (κ1) is 15.1. The van der Waals surface area contributed by atoms with E-state index in [-0.39, 0.29) is 18.6 Å². The highest BCUT2D eigenvalue weighted by Gasteiger charge is 2.30. The Morgan fingerprint density at radius 1 is 1.45 bits per heavy atom. The number of nitrogens with zero attached hydrogens (tertiary/aromatic N) is 2. The molecule has 2 rings (SSSR count). The molecule has 1 fully saturated rings. The largest absolute Gasteiger partial charge is 0.455 e. The zero-order chi connectivity index (χ0) is 14.5. The van der Waals surface area contributed by atoms with Crippen LogP contribution in [-0.2, 0) is 6.54 Å². The Labute approximate surface area is 120 Å². The Hall–Kier alpha value is -1.33. The first-order valence-corrected chi connectivity index (χ1v) is 7.42. The number of hydrogen-bond donors (Lipinski definition) is 1. The lowest BCUT2D eigenvalue weighted by Crippen LogP contribution is -2.37. The van der Waals surface area contributed by atoms with Crippen LogP contribution in [0.5, 0.6) is 0 Å². The predicted octanol–water partition coefficient (Wildman–Crippen LogP) is 1.72. The molecule has 2 heterocycles. The highest BCUT2D eigenvalue weighted by molar-refractivity contribution is 5.92. The zero-order valence-corrected chi connectivity index (χ0v) is 12.3. The Bertz CT molecular complexity index is 440. The maximum Gasteiger partial charge on any atom is 0.289 e. The van der Waals surface area contributed by atoms with Crippen molar-refractivity contribution in [3.05, 3.63) is 23.7 Å². The molecule has 0 unspecified atom stereocenters. The summed E-state index contributed by atoms with van der Waals surface area (Å²) in [4.78, 5) is 16.3. The molecule has 1 aromatic heterocycles. The maximum atomic E-state index is 12.4. The average Bonchev–Trinajstić information content (AvgIpc) is 3.12. The maximum absolute atomic E-state index is 12.4. The molecule has 5 heteroatoms. The number of aliphatic hydroxyl groups excluding tert-OH is 1. The number of furan rings is 1. The minimum absolute atomic E-state index is 0.0265. The number of aliphatic hydroxyl groups is 1. The molecule has 0 saturated carbocycles. The SMILES string of the molecule is CCN(CC)Cc1ccc(C(=O)N2CCC[C@H]2CO)o1. The average molecular weight is 280 g/mol. The lowest BCUT2D eigenvalue weighted by atomic mass is 10.2. The second kappa shape index (κ2) is 6.90. The molecular formula is C15H24N2O3. The normalized spacial score (nSPS) is 19.0. The fourth-order valence-corrected chi connectivity index (χ4v) is 2.68. The number of carbonyl (C=O) groups excluding carboxylic acids is 1. The summed E-state index contributed by atoms with van der Waals surface area (Å²) in [6.45, 7) is 7.58. The van der Waals surface area contributed by atoms with Crippen molar-refractivity contribution < 1.29 is 14.3 Å². The fraction of sp³-hybridized carbons (Fsp3) is 0.667. The van der Waals surface area contributed by atoms with Crippen LogP contribution in [0.2, 0.25) is 0 Å². The molecular weight excluding hydrogens is 256 g/mol. The van der Waals surface area contributed by atoms with Crippen LogP contribution in [0.4, 0.5) is 0 Å². The lowest BCUT2D eigenvalue weighted by molar-refractivity contribution is 0.0642. The van der Waals surface area contributed by atoms with Gasteiger partial charge < -0.3 is 14.4 Å². The second-order valence-electron chi connectivity index (χ2n) is 5.20. The van der Waals surface area contributed by atoms with Gasteiger partial charge in [-0.3, -0.25) is 9.69 Å². The number of likely N-dealkylation sites (tertiary alicyclic amines) is 1. The van der Waals surface area contributed by atoms with Crippen LogP contribution in [-0.4, -0.2) is 53.1 Å². The van der Waals surface area contributed by atoms with Crippen molar-refractivity contribution in [3.8, 4) is 0 Å². The van der Waals surface area contributed by atoms with Gasteiger partial charge in [0.15, 0.2) is 5.76 Å². The first-order chi connectivity index (χ1) is 9.69. The highest BCUT2D eigenvalue weighted by atomic mass is 16.4. The van der Waals surface area contributed by atoms with Gasteiger partial charge in [0.1, 0.15) is 5.76 Å². The van der Waals surface area contributed by atoms with E-state index in [4.69, 9.17) is 4.42 Å². The van der Waals surface area contributed by atoms with Crippen molar-refractivity contribution in [2.45, 2.75) is 39.3 Å². The van der Waals surface area contributed by atoms with Gasteiger partial charge in [-0.1, -0.05) is 13.8 Å². The van der Waals surface area contributed by atoms with Crippen molar-refractivity contribution in [2.24, 2.45) is 0 Å². The predicted molar refractivity (Wildman–Crippen MR) is 76.5 cm³/mol. The topological polar surface area (TPSA) is 56.9 Å². The first-order valence-electron chi connectivity index (χ1n) is 7.42. The molecule has 0 bridgehead atoms. The van der Waals surface area contributed by atoms with Gasteiger partial charge >= 0.3 is 0 Å². The molecule has 1 amide bonds. The smallest absolute Gasteiger partial charge is 0.289 e. The van der Waals surface area contributed by atoms with E-state index in [0.29, 0.717) is 12.3 Å². The third-order valence-corrected chi connectivity index (χ3v) is 4.00. The lowest BCUT2D eigenvalue weighted by Gasteiger charge is -2.21. The van der Waals surface area contributed by atoms with Crippen molar-refractivity contribution in [1.29, 1.82) is 0 Å². The summed E-state index contributed by atoms with van der Waals surface area (Å²) >= 11 is 0. The van der Waals surface area contributed by atoms with Gasteiger partial charge in [-0.25, -0.2) is 0 Å².